The molecule has 0 radical (unpaired) electrons. The molecule has 1 amide bonds. The minimum Gasteiger partial charge on any atom is -0.390 e. The third-order valence-corrected chi connectivity index (χ3v) is 10.8. The molecule has 8 nitrogen and oxygen atoms in total. The molecule has 0 bridgehead atoms. The van der Waals surface area contributed by atoms with E-state index in [2.05, 4.69) is 31.0 Å². The van der Waals surface area contributed by atoms with E-state index in [4.69, 9.17) is 32.9 Å². The van der Waals surface area contributed by atoms with Crippen LogP contribution in [0.2, 0.25) is 10.0 Å². The van der Waals surface area contributed by atoms with Gasteiger partial charge in [-0.2, -0.15) is 0 Å². The van der Waals surface area contributed by atoms with E-state index in [9.17, 15) is 14.4 Å². The molecule has 1 fully saturated rings. The molecule has 0 unspecified atom stereocenters. The van der Waals surface area contributed by atoms with Crippen LogP contribution < -0.4 is 5.32 Å². The van der Waals surface area contributed by atoms with E-state index in [1.165, 1.54) is 11.8 Å². The van der Waals surface area contributed by atoms with Crippen molar-refractivity contribution in [3.05, 3.63) is 80.3 Å². The average molecular weight is 672 g/mol. The molecule has 0 spiro atoms. The lowest BCUT2D eigenvalue weighted by Gasteiger charge is -2.39. The first-order valence-electron chi connectivity index (χ1n) is 15.5. The van der Waals surface area contributed by atoms with E-state index in [0.717, 1.165) is 22.0 Å². The summed E-state index contributed by atoms with van der Waals surface area (Å²) in [6.07, 6.45) is 2.09. The molecule has 3 aliphatic heterocycles. The van der Waals surface area contributed by atoms with Crippen molar-refractivity contribution in [1.29, 1.82) is 0 Å². The number of halogens is 2. The third kappa shape index (κ3) is 5.81. The summed E-state index contributed by atoms with van der Waals surface area (Å²) in [5.74, 6) is -1.61. The summed E-state index contributed by atoms with van der Waals surface area (Å²) in [6, 6.07) is 15.1. The number of hydrogen-bond donors (Lipinski definition) is 1. The number of allylic oxidation sites excluding steroid dienone is 1. The number of esters is 2. The number of carbonyl (C=O) groups excluding carboxylic acids is 3. The predicted molar refractivity (Wildman–Crippen MR) is 180 cm³/mol. The number of nitrogens with one attached hydrogen (secondary N) is 1. The highest BCUT2D eigenvalue weighted by Gasteiger charge is 2.58. The van der Waals surface area contributed by atoms with Gasteiger partial charge in [-0.05, 0) is 92.7 Å². The zero-order valence-electron chi connectivity index (χ0n) is 26.5. The van der Waals surface area contributed by atoms with Crippen LogP contribution in [0, 0.1) is 5.92 Å². The Labute approximate surface area is 279 Å². The first-order valence-corrected chi connectivity index (χ1v) is 17.0. The van der Waals surface area contributed by atoms with Gasteiger partial charge in [0, 0.05) is 21.8 Å². The van der Waals surface area contributed by atoms with Gasteiger partial charge in [-0.25, -0.2) is 9.79 Å². The number of amidine groups is 1. The molecule has 5 rings (SSSR count). The molecule has 45 heavy (non-hydrogen) atoms. The van der Waals surface area contributed by atoms with Gasteiger partial charge in [0.15, 0.2) is 5.17 Å². The van der Waals surface area contributed by atoms with E-state index in [1.807, 2.05) is 62.4 Å². The SMILES string of the molecule is CC[C@@H]1CC[C@@](CC)(C(=O)OC(=O)CNC)N1C(=O)C1=C(C(C)C)N2C(=N[C@@](C)(c3ccc(Cl)cc3)[C@H]2c2ccc(Cl)cc2)S1. The summed E-state index contributed by atoms with van der Waals surface area (Å²) in [7, 11) is 1.61. The number of amides is 1. The number of ether oxygens (including phenoxy) is 1. The summed E-state index contributed by atoms with van der Waals surface area (Å²) >= 11 is 13.9. The van der Waals surface area contributed by atoms with Crippen molar-refractivity contribution in [3.8, 4) is 0 Å². The summed E-state index contributed by atoms with van der Waals surface area (Å²) < 4.78 is 5.31. The topological polar surface area (TPSA) is 91.3 Å². The quantitative estimate of drug-likeness (QED) is 0.225. The van der Waals surface area contributed by atoms with Crippen LogP contribution in [0.5, 0.6) is 0 Å². The normalized spacial score (nSPS) is 26.0. The fourth-order valence-electron chi connectivity index (χ4n) is 7.00. The number of nitrogens with zero attached hydrogens (tertiary/aromatic N) is 3. The lowest BCUT2D eigenvalue weighted by Crippen LogP contribution is -2.56. The van der Waals surface area contributed by atoms with Crippen LogP contribution >= 0.6 is 35.0 Å². The van der Waals surface area contributed by atoms with Crippen LogP contribution in [0.3, 0.4) is 0 Å². The predicted octanol–water partition coefficient (Wildman–Crippen LogP) is 7.07. The molecule has 0 saturated carbocycles. The first kappa shape index (κ1) is 33.5. The van der Waals surface area contributed by atoms with Crippen LogP contribution in [-0.4, -0.2) is 58.0 Å². The van der Waals surface area contributed by atoms with Gasteiger partial charge in [0.25, 0.3) is 5.91 Å². The molecule has 2 aromatic rings. The maximum Gasteiger partial charge on any atom is 0.339 e. The van der Waals surface area contributed by atoms with E-state index in [-0.39, 0.29) is 30.5 Å². The molecule has 1 N–H and O–H groups in total. The van der Waals surface area contributed by atoms with Crippen molar-refractivity contribution in [3.63, 3.8) is 0 Å². The van der Waals surface area contributed by atoms with Crippen LogP contribution in [0.4, 0.5) is 0 Å². The van der Waals surface area contributed by atoms with Gasteiger partial charge in [0.05, 0.1) is 12.6 Å². The Balaban J connectivity index is 1.62. The number of thioether (sulfide) groups is 1. The Morgan fingerprint density at radius 2 is 1.69 bits per heavy atom. The summed E-state index contributed by atoms with van der Waals surface area (Å²) in [5, 5.41) is 4.72. The molecule has 4 atom stereocenters. The second-order valence-corrected chi connectivity index (χ2v) is 14.1. The van der Waals surface area contributed by atoms with Gasteiger partial charge in [-0.15, -0.1) is 0 Å². The van der Waals surface area contributed by atoms with Crippen molar-refractivity contribution in [1.82, 2.24) is 15.1 Å². The van der Waals surface area contributed by atoms with Crippen molar-refractivity contribution in [2.75, 3.05) is 13.6 Å². The molecule has 240 valence electrons. The molecule has 0 aliphatic carbocycles. The van der Waals surface area contributed by atoms with Gasteiger partial charge in [-0.1, -0.05) is 75.2 Å². The molecule has 2 aromatic carbocycles. The molecule has 3 aliphatic rings. The highest BCUT2D eigenvalue weighted by atomic mass is 35.5. The Kier molecular flexibility index (Phi) is 9.76. The Hall–Kier alpha value is -2.85. The average Bonchev–Trinajstić information content (AvgIpc) is 3.66. The smallest absolute Gasteiger partial charge is 0.339 e. The Morgan fingerprint density at radius 1 is 1.07 bits per heavy atom. The number of carbonyl (C=O) groups is 3. The minimum atomic E-state index is -1.24. The summed E-state index contributed by atoms with van der Waals surface area (Å²) in [5.41, 5.74) is 0.923. The van der Waals surface area contributed by atoms with Gasteiger partial charge in [0.2, 0.25) is 0 Å². The van der Waals surface area contributed by atoms with E-state index >= 15 is 0 Å². The van der Waals surface area contributed by atoms with Gasteiger partial charge in [-0.3, -0.25) is 9.59 Å². The van der Waals surface area contributed by atoms with Gasteiger partial charge >= 0.3 is 11.9 Å². The number of likely N-dealkylation sites (N-methyl/N-ethyl adjacent to an activating group) is 1. The highest BCUT2D eigenvalue weighted by molar-refractivity contribution is 8.18. The van der Waals surface area contributed by atoms with E-state index in [1.54, 1.807) is 11.9 Å². The van der Waals surface area contributed by atoms with E-state index in [0.29, 0.717) is 40.6 Å². The molecule has 11 heteroatoms. The zero-order chi connectivity index (χ0) is 32.7. The van der Waals surface area contributed by atoms with Crippen LogP contribution in [0.15, 0.2) is 64.1 Å². The summed E-state index contributed by atoms with van der Waals surface area (Å²) in [4.78, 5) is 50.6. The fraction of sp³-hybridized carbons (Fsp3) is 0.471. The van der Waals surface area contributed by atoms with Crippen LogP contribution in [0.1, 0.15) is 77.5 Å². The number of benzene rings is 2. The van der Waals surface area contributed by atoms with Crippen molar-refractivity contribution in [2.24, 2.45) is 10.9 Å². The second-order valence-electron chi connectivity index (χ2n) is 12.3. The monoisotopic (exact) mass is 670 g/mol. The lowest BCUT2D eigenvalue weighted by atomic mass is 9.81. The van der Waals surface area contributed by atoms with Crippen molar-refractivity contribution < 1.29 is 19.1 Å². The Bertz CT molecular complexity index is 1540. The largest absolute Gasteiger partial charge is 0.390 e. The fourth-order valence-corrected chi connectivity index (χ4v) is 8.59. The van der Waals surface area contributed by atoms with Crippen molar-refractivity contribution in [2.45, 2.75) is 83.5 Å². The van der Waals surface area contributed by atoms with Crippen LogP contribution in [-0.2, 0) is 24.7 Å². The molecular formula is C34H40Cl2N4O4S. The molecule has 1 saturated heterocycles. The van der Waals surface area contributed by atoms with E-state index < -0.39 is 23.0 Å². The number of likely N-dealkylation sites (tertiary alicyclic amines) is 1. The number of aliphatic imine (C=N–C) groups is 1. The van der Waals surface area contributed by atoms with Crippen molar-refractivity contribution >= 4 is 58.0 Å². The highest BCUT2D eigenvalue weighted by Crippen LogP contribution is 2.57. The first-order chi connectivity index (χ1) is 21.4. The molecule has 3 heterocycles. The second kappa shape index (κ2) is 13.1. The molecule has 0 aromatic heterocycles. The molecular weight excluding hydrogens is 631 g/mol. The minimum absolute atomic E-state index is 0.0469. The number of hydrogen-bond acceptors (Lipinski definition) is 8. The standard InChI is InChI=1S/C34H40Cl2N4O4S/c1-7-25-17-18-34(8-2,31(43)44-26(41)19-37-6)40(25)30(42)28-27(20(3)4)39-29(21-9-13-23(35)14-10-21)33(5,38-32(39)45-28)22-11-15-24(36)16-12-22/h9-16,20,25,29,37H,7-8,17-19H2,1-6H3/t25-,29-,33+,34+/m1/s1. The number of fused-ring (bicyclic) bond motifs is 1. The maximum absolute atomic E-state index is 14.8. The number of rotatable bonds is 9. The summed E-state index contributed by atoms with van der Waals surface area (Å²) in [6.45, 7) is 10.0. The van der Waals surface area contributed by atoms with Gasteiger partial charge in [0.1, 0.15) is 16.0 Å². The van der Waals surface area contributed by atoms with Gasteiger partial charge < -0.3 is 19.9 Å². The third-order valence-electron chi connectivity index (χ3n) is 9.27. The van der Waals surface area contributed by atoms with Crippen LogP contribution in [0.25, 0.3) is 0 Å². The Morgan fingerprint density at radius 3 is 2.24 bits per heavy atom. The zero-order valence-corrected chi connectivity index (χ0v) is 28.9. The maximum atomic E-state index is 14.8. The lowest BCUT2D eigenvalue weighted by molar-refractivity contribution is -0.170.